The number of imidazole rings is 1. The van der Waals surface area contributed by atoms with Crippen molar-refractivity contribution in [3.05, 3.63) is 84.2 Å². The number of hydrogen-bond acceptors (Lipinski definition) is 3. The molecule has 28 heavy (non-hydrogen) atoms. The summed E-state index contributed by atoms with van der Waals surface area (Å²) in [6.45, 7) is 0. The van der Waals surface area contributed by atoms with Gasteiger partial charge in [0, 0.05) is 17.3 Å². The Labute approximate surface area is 164 Å². The van der Waals surface area contributed by atoms with Crippen molar-refractivity contribution < 1.29 is 4.39 Å². The fourth-order valence-electron chi connectivity index (χ4n) is 3.24. The van der Waals surface area contributed by atoms with Crippen LogP contribution in [-0.4, -0.2) is 24.7 Å². The molecule has 1 N–H and O–H groups in total. The first-order valence-corrected chi connectivity index (χ1v) is 8.96. The lowest BCUT2D eigenvalue weighted by atomic mass is 10.0. The van der Waals surface area contributed by atoms with Crippen LogP contribution in [0.15, 0.2) is 73.3 Å². The number of benzene rings is 2. The second-order valence-corrected chi connectivity index (χ2v) is 6.73. The normalized spacial score (nSPS) is 11.2. The minimum Gasteiger partial charge on any atom is -0.283 e. The number of rotatable bonds is 3. The summed E-state index contributed by atoms with van der Waals surface area (Å²) in [6.07, 6.45) is 5.01. The Morgan fingerprint density at radius 3 is 2.64 bits per heavy atom. The van der Waals surface area contributed by atoms with Crippen molar-refractivity contribution in [1.82, 2.24) is 24.7 Å². The number of nitrogens with zero attached hydrogens (tertiary/aromatic N) is 4. The Hall–Kier alpha value is -3.51. The molecule has 136 valence electrons. The first kappa shape index (κ1) is 16.6. The lowest BCUT2D eigenvalue weighted by molar-refractivity contribution is 0.630. The maximum Gasteiger partial charge on any atom is 0.138 e. The van der Waals surface area contributed by atoms with Gasteiger partial charge in [-0.05, 0) is 42.0 Å². The molecule has 2 aromatic carbocycles. The zero-order valence-electron chi connectivity index (χ0n) is 14.5. The Morgan fingerprint density at radius 1 is 0.929 bits per heavy atom. The van der Waals surface area contributed by atoms with E-state index in [1.54, 1.807) is 43.0 Å². The minimum atomic E-state index is -0.301. The summed E-state index contributed by atoms with van der Waals surface area (Å²) in [5.41, 5.74) is 4.53. The summed E-state index contributed by atoms with van der Waals surface area (Å²) >= 11 is 5.94. The van der Waals surface area contributed by atoms with Gasteiger partial charge in [0.15, 0.2) is 0 Å². The molecule has 7 heteroatoms. The molecule has 0 bridgehead atoms. The molecule has 0 fully saturated rings. The predicted octanol–water partition coefficient (Wildman–Crippen LogP) is 5.27. The molecule has 5 aromatic rings. The van der Waals surface area contributed by atoms with Gasteiger partial charge in [-0.15, -0.1) is 0 Å². The van der Waals surface area contributed by atoms with Crippen LogP contribution in [0, 0.1) is 5.82 Å². The summed E-state index contributed by atoms with van der Waals surface area (Å²) in [5, 5.41) is 7.62. The van der Waals surface area contributed by atoms with Gasteiger partial charge in [-0.2, -0.15) is 5.10 Å². The Kier molecular flexibility index (Phi) is 3.91. The molecule has 0 aliphatic heterocycles. The second kappa shape index (κ2) is 6.58. The Morgan fingerprint density at radius 2 is 1.82 bits per heavy atom. The number of aromatic amines is 1. The highest BCUT2D eigenvalue weighted by atomic mass is 35.5. The average Bonchev–Trinajstić information content (AvgIpc) is 3.35. The molecule has 0 saturated carbocycles. The number of aromatic nitrogens is 5. The van der Waals surface area contributed by atoms with Crippen LogP contribution in [0.1, 0.15) is 0 Å². The smallest absolute Gasteiger partial charge is 0.138 e. The van der Waals surface area contributed by atoms with Gasteiger partial charge in [-0.1, -0.05) is 29.8 Å². The molecular formula is C21H13ClFN5. The first-order chi connectivity index (χ1) is 13.7. The van der Waals surface area contributed by atoms with E-state index < -0.39 is 0 Å². The van der Waals surface area contributed by atoms with Crippen molar-refractivity contribution in [1.29, 1.82) is 0 Å². The van der Waals surface area contributed by atoms with Crippen LogP contribution in [-0.2, 0) is 0 Å². The second-order valence-electron chi connectivity index (χ2n) is 6.29. The van der Waals surface area contributed by atoms with Crippen LogP contribution in [0.5, 0.6) is 0 Å². The van der Waals surface area contributed by atoms with E-state index >= 15 is 0 Å². The molecular weight excluding hydrogens is 377 g/mol. The van der Waals surface area contributed by atoms with E-state index in [0.717, 1.165) is 22.2 Å². The molecule has 0 unspecified atom stereocenters. The molecule has 0 spiro atoms. The van der Waals surface area contributed by atoms with Crippen LogP contribution in [0.3, 0.4) is 0 Å². The standard InChI is InChI=1S/C21H13ClFN5/c22-14-6-8-20(24-10-14)28-12-25-18-7-5-13(9-19(18)28)16-11-26-27-21(16)15-3-1-2-4-17(15)23/h1-12H,(H,26,27). The van der Waals surface area contributed by atoms with Crippen LogP contribution in [0.2, 0.25) is 5.02 Å². The zero-order valence-corrected chi connectivity index (χ0v) is 15.2. The molecule has 0 amide bonds. The first-order valence-electron chi connectivity index (χ1n) is 8.58. The molecule has 3 heterocycles. The minimum absolute atomic E-state index is 0.301. The van der Waals surface area contributed by atoms with Gasteiger partial charge < -0.3 is 0 Å². The largest absolute Gasteiger partial charge is 0.283 e. The molecule has 0 radical (unpaired) electrons. The molecule has 5 rings (SSSR count). The molecule has 5 nitrogen and oxygen atoms in total. The van der Waals surface area contributed by atoms with Crippen LogP contribution in [0.25, 0.3) is 39.2 Å². The lowest BCUT2D eigenvalue weighted by Crippen LogP contribution is -1.95. The van der Waals surface area contributed by atoms with E-state index in [2.05, 4.69) is 20.2 Å². The van der Waals surface area contributed by atoms with Crippen molar-refractivity contribution in [2.45, 2.75) is 0 Å². The fourth-order valence-corrected chi connectivity index (χ4v) is 3.35. The van der Waals surface area contributed by atoms with Crippen LogP contribution in [0.4, 0.5) is 4.39 Å². The van der Waals surface area contributed by atoms with Crippen molar-refractivity contribution in [3.8, 4) is 28.2 Å². The third-order valence-corrected chi connectivity index (χ3v) is 4.82. The third-order valence-electron chi connectivity index (χ3n) is 4.60. The van der Waals surface area contributed by atoms with E-state index in [1.807, 2.05) is 28.8 Å². The topological polar surface area (TPSA) is 59.4 Å². The number of H-pyrrole nitrogens is 1. The third kappa shape index (κ3) is 2.75. The number of fused-ring (bicyclic) bond motifs is 1. The highest BCUT2D eigenvalue weighted by Crippen LogP contribution is 2.33. The fraction of sp³-hybridized carbons (Fsp3) is 0. The van der Waals surface area contributed by atoms with E-state index in [1.165, 1.54) is 6.07 Å². The Bertz CT molecular complexity index is 1290. The van der Waals surface area contributed by atoms with Gasteiger partial charge >= 0.3 is 0 Å². The molecule has 0 atom stereocenters. The quantitative estimate of drug-likeness (QED) is 0.457. The maximum atomic E-state index is 14.3. The summed E-state index contributed by atoms with van der Waals surface area (Å²) in [6, 6.07) is 16.1. The maximum absolute atomic E-state index is 14.3. The number of hydrogen-bond donors (Lipinski definition) is 1. The van der Waals surface area contributed by atoms with E-state index in [0.29, 0.717) is 22.1 Å². The van der Waals surface area contributed by atoms with E-state index in [9.17, 15) is 4.39 Å². The highest BCUT2D eigenvalue weighted by molar-refractivity contribution is 6.30. The number of nitrogens with one attached hydrogen (secondary N) is 1. The predicted molar refractivity (Wildman–Crippen MR) is 107 cm³/mol. The van der Waals surface area contributed by atoms with Gasteiger partial charge in [0.1, 0.15) is 18.0 Å². The summed E-state index contributed by atoms with van der Waals surface area (Å²) in [7, 11) is 0. The number of halogens is 2. The van der Waals surface area contributed by atoms with Gasteiger partial charge in [0.2, 0.25) is 0 Å². The average molecular weight is 390 g/mol. The highest BCUT2D eigenvalue weighted by Gasteiger charge is 2.15. The van der Waals surface area contributed by atoms with E-state index in [4.69, 9.17) is 11.6 Å². The summed E-state index contributed by atoms with van der Waals surface area (Å²) in [4.78, 5) is 8.80. The van der Waals surface area contributed by atoms with Crippen molar-refractivity contribution in [2.75, 3.05) is 0 Å². The summed E-state index contributed by atoms with van der Waals surface area (Å²) < 4.78 is 16.2. The molecule has 3 aromatic heterocycles. The zero-order chi connectivity index (χ0) is 19.1. The van der Waals surface area contributed by atoms with Crippen molar-refractivity contribution >= 4 is 22.6 Å². The van der Waals surface area contributed by atoms with Crippen molar-refractivity contribution in [2.24, 2.45) is 0 Å². The Balaban J connectivity index is 1.66. The van der Waals surface area contributed by atoms with E-state index in [-0.39, 0.29) is 5.82 Å². The van der Waals surface area contributed by atoms with Gasteiger partial charge in [-0.3, -0.25) is 9.67 Å². The van der Waals surface area contributed by atoms with Crippen LogP contribution >= 0.6 is 11.6 Å². The summed E-state index contributed by atoms with van der Waals surface area (Å²) in [5.74, 6) is 0.412. The lowest BCUT2D eigenvalue weighted by Gasteiger charge is -2.07. The van der Waals surface area contributed by atoms with Crippen LogP contribution < -0.4 is 0 Å². The van der Waals surface area contributed by atoms with Gasteiger partial charge in [0.25, 0.3) is 0 Å². The molecule has 0 saturated heterocycles. The van der Waals surface area contributed by atoms with Gasteiger partial charge in [0.05, 0.1) is 27.9 Å². The molecule has 0 aliphatic carbocycles. The molecule has 0 aliphatic rings. The van der Waals surface area contributed by atoms with Crippen molar-refractivity contribution in [3.63, 3.8) is 0 Å². The number of pyridine rings is 1. The monoisotopic (exact) mass is 389 g/mol. The van der Waals surface area contributed by atoms with Gasteiger partial charge in [-0.25, -0.2) is 14.4 Å². The SMILES string of the molecule is Fc1ccccc1-c1[nH]ncc1-c1ccc2ncn(-c3ccc(Cl)cn3)c2c1.